The van der Waals surface area contributed by atoms with Crippen molar-refractivity contribution in [1.29, 1.82) is 0 Å². The van der Waals surface area contributed by atoms with Gasteiger partial charge in [0.1, 0.15) is 6.10 Å². The fourth-order valence-corrected chi connectivity index (χ4v) is 0.621. The van der Waals surface area contributed by atoms with Crippen LogP contribution in [0.25, 0.3) is 0 Å². The van der Waals surface area contributed by atoms with Gasteiger partial charge in [-0.15, -0.1) is 0 Å². The number of methoxy groups -OCH3 is 1. The number of rotatable bonds is 3. The van der Waals surface area contributed by atoms with Crippen molar-refractivity contribution in [2.75, 3.05) is 13.7 Å². The van der Waals surface area contributed by atoms with Gasteiger partial charge in [0.05, 0.1) is 0 Å². The largest absolute Gasteiger partial charge is 0.370 e. The van der Waals surface area contributed by atoms with Crippen LogP contribution < -0.4 is 5.73 Å². The molecule has 0 fully saturated rings. The van der Waals surface area contributed by atoms with E-state index >= 15 is 0 Å². The zero-order valence-electron chi connectivity index (χ0n) is 5.65. The van der Waals surface area contributed by atoms with Crippen molar-refractivity contribution in [3.63, 3.8) is 0 Å². The van der Waals surface area contributed by atoms with E-state index in [-0.39, 0.29) is 6.10 Å². The van der Waals surface area contributed by atoms with Crippen LogP contribution in [0.4, 0.5) is 0 Å². The van der Waals surface area contributed by atoms with E-state index in [1.165, 1.54) is 6.33 Å². The number of nitrogens with zero attached hydrogens (tertiary/aromatic N) is 2. The Labute approximate surface area is 58.2 Å². The summed E-state index contributed by atoms with van der Waals surface area (Å²) in [7, 11) is 1.54. The quantitative estimate of drug-likeness (QED) is 0.629. The van der Waals surface area contributed by atoms with Crippen LogP contribution in [0.3, 0.4) is 0 Å². The van der Waals surface area contributed by atoms with Gasteiger partial charge in [-0.1, -0.05) is 5.16 Å². The first kappa shape index (κ1) is 7.17. The molecule has 5 nitrogen and oxygen atoms in total. The molecule has 2 N–H and O–H groups in total. The molecule has 56 valence electrons. The molecule has 1 aromatic rings. The molecule has 0 aromatic carbocycles. The van der Waals surface area contributed by atoms with Gasteiger partial charge in [-0.25, -0.2) is 0 Å². The summed E-state index contributed by atoms with van der Waals surface area (Å²) < 4.78 is 9.63. The lowest BCUT2D eigenvalue weighted by atomic mass is 10.3. The van der Waals surface area contributed by atoms with E-state index in [0.717, 1.165) is 0 Å². The van der Waals surface area contributed by atoms with Crippen molar-refractivity contribution in [3.05, 3.63) is 12.2 Å². The molecule has 0 aliphatic rings. The summed E-state index contributed by atoms with van der Waals surface area (Å²) >= 11 is 0. The number of hydrogen-bond donors (Lipinski definition) is 1. The molecule has 0 spiro atoms. The highest BCUT2D eigenvalue weighted by atomic mass is 16.5. The second kappa shape index (κ2) is 3.28. The van der Waals surface area contributed by atoms with Gasteiger partial charge in [-0.2, -0.15) is 4.98 Å². The molecule has 0 aliphatic carbocycles. The summed E-state index contributed by atoms with van der Waals surface area (Å²) in [5.41, 5.74) is 5.32. The molecule has 1 aromatic heterocycles. The highest BCUT2D eigenvalue weighted by molar-refractivity contribution is 4.82. The fraction of sp³-hybridized carbons (Fsp3) is 0.600. The van der Waals surface area contributed by atoms with Crippen LogP contribution in [0.2, 0.25) is 0 Å². The van der Waals surface area contributed by atoms with E-state index in [2.05, 4.69) is 10.1 Å². The highest BCUT2D eigenvalue weighted by Crippen LogP contribution is 2.09. The minimum absolute atomic E-state index is 0.275. The normalized spacial score (nSPS) is 13.4. The number of ether oxygens (including phenoxy) is 1. The second-order valence-electron chi connectivity index (χ2n) is 1.74. The summed E-state index contributed by atoms with van der Waals surface area (Å²) in [5, 5.41) is 3.42. The van der Waals surface area contributed by atoms with Crippen molar-refractivity contribution in [2.24, 2.45) is 5.73 Å². The Bertz CT molecular complexity index is 171. The molecule has 0 aliphatic heterocycles. The van der Waals surface area contributed by atoms with Crippen LogP contribution in [-0.2, 0) is 4.74 Å². The van der Waals surface area contributed by atoms with Gasteiger partial charge in [0.15, 0.2) is 6.33 Å². The number of nitrogens with two attached hydrogens (primary N) is 1. The van der Waals surface area contributed by atoms with Crippen LogP contribution in [0.1, 0.15) is 12.0 Å². The lowest BCUT2D eigenvalue weighted by Gasteiger charge is -2.05. The zero-order chi connectivity index (χ0) is 7.40. The minimum atomic E-state index is -0.275. The van der Waals surface area contributed by atoms with Crippen LogP contribution in [-0.4, -0.2) is 23.8 Å². The Morgan fingerprint density at radius 3 is 3.10 bits per heavy atom. The summed E-state index contributed by atoms with van der Waals surface area (Å²) in [6.45, 7) is 0.346. The molecule has 1 heterocycles. The van der Waals surface area contributed by atoms with E-state index in [1.807, 2.05) is 0 Å². The lowest BCUT2D eigenvalue weighted by Crippen LogP contribution is -2.14. The van der Waals surface area contributed by atoms with E-state index in [9.17, 15) is 0 Å². The number of aromatic nitrogens is 2. The Hall–Kier alpha value is -0.940. The fourth-order valence-electron chi connectivity index (χ4n) is 0.621. The number of hydrogen-bond acceptors (Lipinski definition) is 5. The predicted molar refractivity (Wildman–Crippen MR) is 33.1 cm³/mol. The van der Waals surface area contributed by atoms with Crippen LogP contribution in [0.15, 0.2) is 10.9 Å². The van der Waals surface area contributed by atoms with Crippen LogP contribution in [0.5, 0.6) is 0 Å². The van der Waals surface area contributed by atoms with Gasteiger partial charge < -0.3 is 15.0 Å². The monoisotopic (exact) mass is 143 g/mol. The van der Waals surface area contributed by atoms with Gasteiger partial charge in [-0.3, -0.25) is 0 Å². The first-order valence-corrected chi connectivity index (χ1v) is 2.88. The standard InChI is InChI=1S/C5H9N3O2/c1-9-4(2-6)5-7-3-8-10-5/h3-4H,2,6H2,1H3. The van der Waals surface area contributed by atoms with Crippen LogP contribution >= 0.6 is 0 Å². The van der Waals surface area contributed by atoms with Crippen molar-refractivity contribution in [3.8, 4) is 0 Å². The topological polar surface area (TPSA) is 74.2 Å². The van der Waals surface area contributed by atoms with Crippen molar-refractivity contribution in [2.45, 2.75) is 6.10 Å². The smallest absolute Gasteiger partial charge is 0.256 e. The molecule has 5 heteroatoms. The Balaban J connectivity index is 2.64. The Kier molecular flexibility index (Phi) is 2.35. The van der Waals surface area contributed by atoms with Crippen molar-refractivity contribution < 1.29 is 9.26 Å². The van der Waals surface area contributed by atoms with Gasteiger partial charge in [0.25, 0.3) is 5.89 Å². The van der Waals surface area contributed by atoms with Gasteiger partial charge in [0.2, 0.25) is 0 Å². The maximum absolute atomic E-state index is 5.32. The maximum Gasteiger partial charge on any atom is 0.256 e. The van der Waals surface area contributed by atoms with E-state index in [4.69, 9.17) is 15.0 Å². The molecule has 0 saturated heterocycles. The second-order valence-corrected chi connectivity index (χ2v) is 1.74. The molecular formula is C5H9N3O2. The third kappa shape index (κ3) is 1.31. The minimum Gasteiger partial charge on any atom is -0.370 e. The van der Waals surface area contributed by atoms with Gasteiger partial charge in [0, 0.05) is 13.7 Å². The summed E-state index contributed by atoms with van der Waals surface area (Å²) in [6.07, 6.45) is 1.04. The Morgan fingerprint density at radius 1 is 1.90 bits per heavy atom. The Morgan fingerprint density at radius 2 is 2.70 bits per heavy atom. The summed E-state index contributed by atoms with van der Waals surface area (Å²) in [5.74, 6) is 0.421. The third-order valence-corrected chi connectivity index (χ3v) is 1.15. The van der Waals surface area contributed by atoms with Gasteiger partial charge in [-0.05, 0) is 0 Å². The molecule has 10 heavy (non-hydrogen) atoms. The lowest BCUT2D eigenvalue weighted by molar-refractivity contribution is 0.0804. The van der Waals surface area contributed by atoms with Gasteiger partial charge >= 0.3 is 0 Å². The average Bonchev–Trinajstić information content (AvgIpc) is 2.43. The van der Waals surface area contributed by atoms with Crippen LogP contribution in [0, 0.1) is 0 Å². The average molecular weight is 143 g/mol. The molecular weight excluding hydrogens is 134 g/mol. The highest BCUT2D eigenvalue weighted by Gasteiger charge is 2.12. The molecule has 1 atom stereocenters. The van der Waals surface area contributed by atoms with Crippen molar-refractivity contribution in [1.82, 2.24) is 10.1 Å². The molecule has 1 unspecified atom stereocenters. The van der Waals surface area contributed by atoms with E-state index < -0.39 is 0 Å². The van der Waals surface area contributed by atoms with E-state index in [1.54, 1.807) is 7.11 Å². The first-order chi connectivity index (χ1) is 4.88. The molecule has 0 amide bonds. The molecule has 0 radical (unpaired) electrons. The molecule has 1 rings (SSSR count). The van der Waals surface area contributed by atoms with E-state index in [0.29, 0.717) is 12.4 Å². The third-order valence-electron chi connectivity index (χ3n) is 1.15. The molecule has 0 bridgehead atoms. The summed E-state index contributed by atoms with van der Waals surface area (Å²) in [6, 6.07) is 0. The summed E-state index contributed by atoms with van der Waals surface area (Å²) in [4.78, 5) is 3.78. The zero-order valence-corrected chi connectivity index (χ0v) is 5.65. The first-order valence-electron chi connectivity index (χ1n) is 2.88. The van der Waals surface area contributed by atoms with Crippen molar-refractivity contribution >= 4 is 0 Å². The maximum atomic E-state index is 5.32. The SMILES string of the molecule is COC(CN)c1ncno1. The molecule has 0 saturated carbocycles. The predicted octanol–water partition coefficient (Wildman–Crippen LogP) is -0.284.